The predicted octanol–water partition coefficient (Wildman–Crippen LogP) is 2.12. The molecule has 0 aromatic carbocycles. The van der Waals surface area contributed by atoms with Crippen molar-refractivity contribution in [1.29, 1.82) is 0 Å². The molecule has 0 fully saturated rings. The third-order valence-electron chi connectivity index (χ3n) is 2.34. The Kier molecular flexibility index (Phi) is 4.97. The zero-order valence-corrected chi connectivity index (χ0v) is 12.9. The second-order valence-electron chi connectivity index (χ2n) is 3.71. The van der Waals surface area contributed by atoms with Crippen molar-refractivity contribution in [2.45, 2.75) is 13.5 Å². The van der Waals surface area contributed by atoms with Gasteiger partial charge in [0.15, 0.2) is 5.82 Å². The van der Waals surface area contributed by atoms with E-state index in [4.69, 9.17) is 4.74 Å². The standard InChI is InChI=1S/C12H14IN5O/c1-3-15-12-10(13)9(7-19-2)17-11(18-12)8-6-14-4-5-16-8/h4-6H,3,7H2,1-2H3,(H,15,17,18). The summed E-state index contributed by atoms with van der Waals surface area (Å²) in [6, 6.07) is 0. The Morgan fingerprint density at radius 3 is 2.79 bits per heavy atom. The molecule has 19 heavy (non-hydrogen) atoms. The highest BCUT2D eigenvalue weighted by molar-refractivity contribution is 14.1. The molecular weight excluding hydrogens is 357 g/mol. The molecule has 2 aromatic rings. The van der Waals surface area contributed by atoms with Crippen LogP contribution in [-0.2, 0) is 11.3 Å². The summed E-state index contributed by atoms with van der Waals surface area (Å²) in [7, 11) is 1.65. The van der Waals surface area contributed by atoms with E-state index in [1.165, 1.54) is 0 Å². The van der Waals surface area contributed by atoms with Crippen LogP contribution in [0.4, 0.5) is 5.82 Å². The summed E-state index contributed by atoms with van der Waals surface area (Å²) in [5.41, 5.74) is 1.49. The summed E-state index contributed by atoms with van der Waals surface area (Å²) >= 11 is 2.22. The zero-order valence-electron chi connectivity index (χ0n) is 10.7. The number of hydrogen-bond acceptors (Lipinski definition) is 6. The first-order chi connectivity index (χ1) is 9.26. The van der Waals surface area contributed by atoms with Crippen molar-refractivity contribution in [3.05, 3.63) is 27.9 Å². The van der Waals surface area contributed by atoms with Gasteiger partial charge in [-0.1, -0.05) is 0 Å². The lowest BCUT2D eigenvalue weighted by Gasteiger charge is -2.11. The molecule has 0 aliphatic rings. The van der Waals surface area contributed by atoms with Gasteiger partial charge in [0.05, 0.1) is 22.1 Å². The fourth-order valence-electron chi connectivity index (χ4n) is 1.54. The van der Waals surface area contributed by atoms with Crippen LogP contribution >= 0.6 is 22.6 Å². The highest BCUT2D eigenvalue weighted by Gasteiger charge is 2.13. The molecule has 0 aliphatic carbocycles. The van der Waals surface area contributed by atoms with Gasteiger partial charge in [-0.2, -0.15) is 0 Å². The van der Waals surface area contributed by atoms with Gasteiger partial charge in [0, 0.05) is 26.0 Å². The number of halogens is 1. The Bertz CT molecular complexity index is 522. The average molecular weight is 371 g/mol. The Morgan fingerprint density at radius 2 is 2.16 bits per heavy atom. The minimum Gasteiger partial charge on any atom is -0.378 e. The van der Waals surface area contributed by atoms with E-state index in [2.05, 4.69) is 47.8 Å². The molecule has 2 aromatic heterocycles. The van der Waals surface area contributed by atoms with Crippen molar-refractivity contribution >= 4 is 28.4 Å². The number of methoxy groups -OCH3 is 1. The summed E-state index contributed by atoms with van der Waals surface area (Å²) in [4.78, 5) is 17.2. The molecular formula is C12H14IN5O. The van der Waals surface area contributed by atoms with Crippen LogP contribution in [0.2, 0.25) is 0 Å². The van der Waals surface area contributed by atoms with Crippen molar-refractivity contribution in [2.75, 3.05) is 19.0 Å². The number of nitrogens with one attached hydrogen (secondary N) is 1. The van der Waals surface area contributed by atoms with Crippen molar-refractivity contribution < 1.29 is 4.74 Å². The third kappa shape index (κ3) is 3.35. The fraction of sp³-hybridized carbons (Fsp3) is 0.333. The van der Waals surface area contributed by atoms with Crippen LogP contribution in [0.15, 0.2) is 18.6 Å². The highest BCUT2D eigenvalue weighted by atomic mass is 127. The van der Waals surface area contributed by atoms with E-state index in [9.17, 15) is 0 Å². The maximum Gasteiger partial charge on any atom is 0.182 e. The van der Waals surface area contributed by atoms with Gasteiger partial charge in [-0.3, -0.25) is 4.98 Å². The van der Waals surface area contributed by atoms with E-state index in [-0.39, 0.29) is 0 Å². The first kappa shape index (κ1) is 14.1. The van der Waals surface area contributed by atoms with Crippen LogP contribution < -0.4 is 5.32 Å². The van der Waals surface area contributed by atoms with Gasteiger partial charge in [0.1, 0.15) is 11.5 Å². The number of nitrogens with zero attached hydrogens (tertiary/aromatic N) is 4. The highest BCUT2D eigenvalue weighted by Crippen LogP contribution is 2.23. The molecule has 2 rings (SSSR count). The fourth-order valence-corrected chi connectivity index (χ4v) is 2.13. The number of rotatable bonds is 5. The van der Waals surface area contributed by atoms with Gasteiger partial charge in [-0.05, 0) is 29.5 Å². The lowest BCUT2D eigenvalue weighted by atomic mass is 10.3. The molecule has 0 bridgehead atoms. The Balaban J connectivity index is 2.49. The molecule has 0 aliphatic heterocycles. The first-order valence-electron chi connectivity index (χ1n) is 5.81. The van der Waals surface area contributed by atoms with E-state index in [0.717, 1.165) is 21.6 Å². The quantitative estimate of drug-likeness (QED) is 0.812. The number of ether oxygens (including phenoxy) is 1. The van der Waals surface area contributed by atoms with Crippen molar-refractivity contribution in [3.8, 4) is 11.5 Å². The molecule has 0 saturated carbocycles. The largest absolute Gasteiger partial charge is 0.378 e. The summed E-state index contributed by atoms with van der Waals surface area (Å²) in [6.45, 7) is 3.25. The molecule has 0 atom stereocenters. The molecule has 0 spiro atoms. The third-order valence-corrected chi connectivity index (χ3v) is 3.47. The normalized spacial score (nSPS) is 10.5. The molecule has 0 radical (unpaired) electrons. The van der Waals surface area contributed by atoms with E-state index in [1.54, 1.807) is 25.7 Å². The van der Waals surface area contributed by atoms with Gasteiger partial charge >= 0.3 is 0 Å². The van der Waals surface area contributed by atoms with Crippen LogP contribution in [0.1, 0.15) is 12.6 Å². The van der Waals surface area contributed by atoms with Gasteiger partial charge in [-0.25, -0.2) is 15.0 Å². The van der Waals surface area contributed by atoms with Crippen molar-refractivity contribution in [2.24, 2.45) is 0 Å². The van der Waals surface area contributed by atoms with Crippen LogP contribution in [0, 0.1) is 3.57 Å². The summed E-state index contributed by atoms with van der Waals surface area (Å²) < 4.78 is 6.14. The van der Waals surface area contributed by atoms with E-state index >= 15 is 0 Å². The van der Waals surface area contributed by atoms with Gasteiger partial charge < -0.3 is 10.1 Å². The molecule has 100 valence electrons. The molecule has 0 amide bonds. The molecule has 2 heterocycles. The topological polar surface area (TPSA) is 72.8 Å². The Morgan fingerprint density at radius 1 is 1.32 bits per heavy atom. The summed E-state index contributed by atoms with van der Waals surface area (Å²) in [6.07, 6.45) is 4.89. The van der Waals surface area contributed by atoms with Crippen LogP contribution in [0.3, 0.4) is 0 Å². The maximum atomic E-state index is 5.17. The molecule has 7 heteroatoms. The van der Waals surface area contributed by atoms with Crippen molar-refractivity contribution in [3.63, 3.8) is 0 Å². The van der Waals surface area contributed by atoms with Gasteiger partial charge in [-0.15, -0.1) is 0 Å². The SMILES string of the molecule is CCNc1nc(-c2cnccn2)nc(COC)c1I. The lowest BCUT2D eigenvalue weighted by molar-refractivity contribution is 0.181. The second kappa shape index (κ2) is 6.71. The van der Waals surface area contributed by atoms with E-state index < -0.39 is 0 Å². The smallest absolute Gasteiger partial charge is 0.182 e. The van der Waals surface area contributed by atoms with E-state index in [0.29, 0.717) is 18.1 Å². The zero-order chi connectivity index (χ0) is 13.7. The maximum absolute atomic E-state index is 5.17. The minimum atomic E-state index is 0.437. The number of aromatic nitrogens is 4. The van der Waals surface area contributed by atoms with Gasteiger partial charge in [0.2, 0.25) is 0 Å². The predicted molar refractivity (Wildman–Crippen MR) is 80.7 cm³/mol. The number of hydrogen-bond donors (Lipinski definition) is 1. The Hall–Kier alpha value is -1.35. The minimum absolute atomic E-state index is 0.437. The summed E-state index contributed by atoms with van der Waals surface area (Å²) in [5.74, 6) is 1.35. The monoisotopic (exact) mass is 371 g/mol. The molecule has 1 N–H and O–H groups in total. The Labute approximate surface area is 125 Å². The van der Waals surface area contributed by atoms with E-state index in [1.807, 2.05) is 6.92 Å². The van der Waals surface area contributed by atoms with Crippen molar-refractivity contribution in [1.82, 2.24) is 19.9 Å². The first-order valence-corrected chi connectivity index (χ1v) is 6.89. The number of anilines is 1. The molecule has 0 unspecified atom stereocenters. The van der Waals surface area contributed by atoms with Gasteiger partial charge in [0.25, 0.3) is 0 Å². The molecule has 6 nitrogen and oxygen atoms in total. The average Bonchev–Trinajstić information content (AvgIpc) is 2.44. The molecule has 0 saturated heterocycles. The lowest BCUT2D eigenvalue weighted by Crippen LogP contribution is -2.09. The summed E-state index contributed by atoms with van der Waals surface area (Å²) in [5, 5.41) is 3.22. The van der Waals surface area contributed by atoms with Crippen LogP contribution in [-0.4, -0.2) is 33.6 Å². The second-order valence-corrected chi connectivity index (χ2v) is 4.79. The van der Waals surface area contributed by atoms with Crippen LogP contribution in [0.5, 0.6) is 0 Å². The van der Waals surface area contributed by atoms with Crippen LogP contribution in [0.25, 0.3) is 11.5 Å².